The van der Waals surface area contributed by atoms with Crippen LogP contribution in [0.4, 0.5) is 0 Å². The molecule has 36 heavy (non-hydrogen) atoms. The maximum absolute atomic E-state index is 13.5. The van der Waals surface area contributed by atoms with E-state index in [-0.39, 0.29) is 11.3 Å². The van der Waals surface area contributed by atoms with Gasteiger partial charge in [-0.2, -0.15) is 5.10 Å². The average Bonchev–Trinajstić information content (AvgIpc) is 3.30. The number of nitrogens with one attached hydrogen (secondary N) is 2. The number of aromatic amines is 1. The molecule has 5 aromatic rings. The van der Waals surface area contributed by atoms with Gasteiger partial charge in [0, 0.05) is 30.0 Å². The zero-order valence-electron chi connectivity index (χ0n) is 20.4. The van der Waals surface area contributed by atoms with Crippen molar-refractivity contribution in [2.24, 2.45) is 11.3 Å². The van der Waals surface area contributed by atoms with Crippen LogP contribution in [0.5, 0.6) is 0 Å². The SMILES string of the molecule is Cc1ccc2nc(-c3ccc(-c4ccc5cn[nH]c5c4)cc3)n(C[C@]3(C(=O)C4CC4)CCNC3)c2c1. The number of carbonyl (C=O) groups is 1. The summed E-state index contributed by atoms with van der Waals surface area (Å²) in [5.74, 6) is 1.62. The lowest BCUT2D eigenvalue weighted by atomic mass is 9.80. The van der Waals surface area contributed by atoms with E-state index in [1.165, 1.54) is 5.56 Å². The van der Waals surface area contributed by atoms with Crippen molar-refractivity contribution in [2.45, 2.75) is 32.7 Å². The maximum atomic E-state index is 13.5. The Morgan fingerprint density at radius 3 is 2.61 bits per heavy atom. The first kappa shape index (κ1) is 21.5. The van der Waals surface area contributed by atoms with E-state index in [0.29, 0.717) is 12.3 Å². The van der Waals surface area contributed by atoms with Crippen LogP contribution in [0, 0.1) is 18.3 Å². The number of hydrogen-bond donors (Lipinski definition) is 2. The Bertz CT molecular complexity index is 1600. The van der Waals surface area contributed by atoms with E-state index >= 15 is 0 Å². The quantitative estimate of drug-likeness (QED) is 0.339. The number of carbonyl (C=O) groups excluding carboxylic acids is 1. The molecule has 1 atom stereocenters. The third kappa shape index (κ3) is 3.56. The van der Waals surface area contributed by atoms with Gasteiger partial charge in [0.05, 0.1) is 28.2 Å². The first-order valence-corrected chi connectivity index (χ1v) is 12.9. The molecule has 2 aliphatic rings. The number of Topliss-reactive ketones (excluding diaryl/α,β-unsaturated/α-hetero) is 1. The van der Waals surface area contributed by atoms with Crippen LogP contribution in [0.15, 0.2) is 66.9 Å². The average molecular weight is 476 g/mol. The summed E-state index contributed by atoms with van der Waals surface area (Å²) in [5.41, 5.74) is 7.32. The van der Waals surface area contributed by atoms with E-state index in [2.05, 4.69) is 87.7 Å². The molecule has 1 aliphatic carbocycles. The van der Waals surface area contributed by atoms with Gasteiger partial charge < -0.3 is 9.88 Å². The molecule has 2 fully saturated rings. The highest BCUT2D eigenvalue weighted by atomic mass is 16.1. The summed E-state index contributed by atoms with van der Waals surface area (Å²) < 4.78 is 2.31. The van der Waals surface area contributed by atoms with Crippen molar-refractivity contribution < 1.29 is 4.79 Å². The smallest absolute Gasteiger partial charge is 0.145 e. The van der Waals surface area contributed by atoms with Crippen LogP contribution in [-0.4, -0.2) is 38.6 Å². The normalized spacial score (nSPS) is 19.9. The highest BCUT2D eigenvalue weighted by Gasteiger charge is 2.48. The van der Waals surface area contributed by atoms with Gasteiger partial charge in [0.15, 0.2) is 0 Å². The van der Waals surface area contributed by atoms with Crippen molar-refractivity contribution in [1.82, 2.24) is 25.1 Å². The third-order valence-electron chi connectivity index (χ3n) is 8.00. The predicted octanol–water partition coefficient (Wildman–Crippen LogP) is 5.51. The minimum Gasteiger partial charge on any atom is -0.323 e. The number of H-pyrrole nitrogens is 1. The maximum Gasteiger partial charge on any atom is 0.145 e. The van der Waals surface area contributed by atoms with E-state index in [4.69, 9.17) is 4.98 Å². The van der Waals surface area contributed by atoms with Crippen molar-refractivity contribution in [3.05, 3.63) is 72.4 Å². The number of aromatic nitrogens is 4. The number of nitrogens with zero attached hydrogens (tertiary/aromatic N) is 3. The molecule has 1 saturated heterocycles. The van der Waals surface area contributed by atoms with E-state index < -0.39 is 0 Å². The van der Waals surface area contributed by atoms with Gasteiger partial charge in [-0.1, -0.05) is 42.5 Å². The first-order valence-electron chi connectivity index (χ1n) is 12.9. The van der Waals surface area contributed by atoms with Gasteiger partial charge in [-0.15, -0.1) is 0 Å². The Morgan fingerprint density at radius 2 is 1.83 bits per heavy atom. The molecule has 6 nitrogen and oxygen atoms in total. The van der Waals surface area contributed by atoms with Gasteiger partial charge in [0.25, 0.3) is 0 Å². The second-order valence-corrected chi connectivity index (χ2v) is 10.6. The lowest BCUT2D eigenvalue weighted by Crippen LogP contribution is -2.39. The van der Waals surface area contributed by atoms with Crippen LogP contribution in [0.3, 0.4) is 0 Å². The fourth-order valence-electron chi connectivity index (χ4n) is 5.79. The van der Waals surface area contributed by atoms with Crippen LogP contribution >= 0.6 is 0 Å². The van der Waals surface area contributed by atoms with E-state index in [0.717, 1.165) is 76.8 Å². The zero-order valence-corrected chi connectivity index (χ0v) is 20.4. The molecule has 7 rings (SSSR count). The molecule has 6 heteroatoms. The molecule has 2 N–H and O–H groups in total. The highest BCUT2D eigenvalue weighted by Crippen LogP contribution is 2.42. The van der Waals surface area contributed by atoms with Gasteiger partial charge in [-0.05, 0) is 67.6 Å². The van der Waals surface area contributed by atoms with Gasteiger partial charge in [0.2, 0.25) is 0 Å². The summed E-state index contributed by atoms with van der Waals surface area (Å²) in [4.78, 5) is 18.6. The van der Waals surface area contributed by atoms with Crippen LogP contribution in [0.25, 0.3) is 44.5 Å². The molecule has 0 radical (unpaired) electrons. The monoisotopic (exact) mass is 475 g/mol. The lowest BCUT2D eigenvalue weighted by Gasteiger charge is -2.28. The summed E-state index contributed by atoms with van der Waals surface area (Å²) in [7, 11) is 0. The number of ketones is 1. The standard InChI is InChI=1S/C30H29N5O/c1-19-2-11-25-27(14-19)35(18-30(12-13-31-17-30)28(36)21-5-6-21)29(33-25)22-7-3-20(4-8-22)23-9-10-24-16-32-34-26(24)15-23/h2-4,7-11,14-16,21,31H,5-6,12-13,17-18H2,1H3,(H,32,34)/t30-/m0/s1. The molecule has 2 aromatic heterocycles. The van der Waals surface area contributed by atoms with Crippen molar-refractivity contribution >= 4 is 27.7 Å². The molecule has 1 aliphatic heterocycles. The molecule has 0 bridgehead atoms. The molecule has 0 amide bonds. The van der Waals surface area contributed by atoms with Crippen LogP contribution in [0.1, 0.15) is 24.8 Å². The predicted molar refractivity (Wildman–Crippen MR) is 143 cm³/mol. The van der Waals surface area contributed by atoms with Crippen molar-refractivity contribution in [3.8, 4) is 22.5 Å². The molecule has 0 unspecified atom stereocenters. The van der Waals surface area contributed by atoms with E-state index in [1.54, 1.807) is 0 Å². The minimum absolute atomic E-state index is 0.247. The van der Waals surface area contributed by atoms with Gasteiger partial charge in [0.1, 0.15) is 11.6 Å². The molecule has 3 heterocycles. The molecule has 3 aromatic carbocycles. The molecular formula is C30H29N5O. The van der Waals surface area contributed by atoms with Gasteiger partial charge in [-0.3, -0.25) is 9.89 Å². The van der Waals surface area contributed by atoms with Crippen LogP contribution in [-0.2, 0) is 11.3 Å². The topological polar surface area (TPSA) is 75.6 Å². The molecule has 180 valence electrons. The Labute approximate surface area is 209 Å². The Kier molecular flexibility index (Phi) is 4.86. The fourth-order valence-corrected chi connectivity index (χ4v) is 5.79. The van der Waals surface area contributed by atoms with Crippen molar-refractivity contribution in [1.29, 1.82) is 0 Å². The van der Waals surface area contributed by atoms with Gasteiger partial charge in [-0.25, -0.2) is 4.98 Å². The molecule has 1 saturated carbocycles. The fraction of sp³-hybridized carbons (Fsp3) is 0.300. The first-order chi connectivity index (χ1) is 17.6. The highest BCUT2D eigenvalue weighted by molar-refractivity contribution is 5.90. The van der Waals surface area contributed by atoms with E-state index in [1.807, 2.05) is 6.20 Å². The number of benzene rings is 3. The summed E-state index contributed by atoms with van der Waals surface area (Å²) in [6.45, 7) is 4.43. The number of aryl methyl sites for hydroxylation is 1. The Hall–Kier alpha value is -3.77. The second kappa shape index (κ2) is 8.14. The van der Waals surface area contributed by atoms with Crippen LogP contribution < -0.4 is 5.32 Å². The summed E-state index contributed by atoms with van der Waals surface area (Å²) in [6, 6.07) is 21.4. The zero-order chi connectivity index (χ0) is 24.3. The van der Waals surface area contributed by atoms with Gasteiger partial charge >= 0.3 is 0 Å². The number of hydrogen-bond acceptors (Lipinski definition) is 4. The Morgan fingerprint density at radius 1 is 1.03 bits per heavy atom. The summed E-state index contributed by atoms with van der Waals surface area (Å²) >= 11 is 0. The van der Waals surface area contributed by atoms with Crippen molar-refractivity contribution in [2.75, 3.05) is 13.1 Å². The molecular weight excluding hydrogens is 446 g/mol. The number of imidazole rings is 1. The van der Waals surface area contributed by atoms with E-state index in [9.17, 15) is 4.79 Å². The summed E-state index contributed by atoms with van der Waals surface area (Å²) in [6.07, 6.45) is 4.82. The number of fused-ring (bicyclic) bond motifs is 2. The van der Waals surface area contributed by atoms with Crippen molar-refractivity contribution in [3.63, 3.8) is 0 Å². The number of rotatable bonds is 6. The third-order valence-corrected chi connectivity index (χ3v) is 8.00. The lowest BCUT2D eigenvalue weighted by molar-refractivity contribution is -0.129. The largest absolute Gasteiger partial charge is 0.323 e. The molecule has 0 spiro atoms. The second-order valence-electron chi connectivity index (χ2n) is 10.6. The Balaban J connectivity index is 1.31. The summed E-state index contributed by atoms with van der Waals surface area (Å²) in [5, 5.41) is 11.8. The minimum atomic E-state index is -0.354. The van der Waals surface area contributed by atoms with Crippen LogP contribution in [0.2, 0.25) is 0 Å².